The summed E-state index contributed by atoms with van der Waals surface area (Å²) in [4.78, 5) is 19.2. The molecule has 2 N–H and O–H groups in total. The van der Waals surface area contributed by atoms with Crippen LogP contribution in [0.1, 0.15) is 5.56 Å². The molecule has 0 unspecified atom stereocenters. The minimum atomic E-state index is -0.0760. The number of rotatable bonds is 4. The van der Waals surface area contributed by atoms with E-state index in [0.717, 1.165) is 16.5 Å². The summed E-state index contributed by atoms with van der Waals surface area (Å²) in [5.74, 6) is 0.443. The number of benzene rings is 1. The van der Waals surface area contributed by atoms with Crippen LogP contribution in [0.5, 0.6) is 5.88 Å². The van der Waals surface area contributed by atoms with Crippen LogP contribution in [0.25, 0.3) is 10.9 Å². The van der Waals surface area contributed by atoms with Crippen molar-refractivity contribution in [1.29, 1.82) is 0 Å². The molecule has 0 aliphatic carbocycles. The summed E-state index contributed by atoms with van der Waals surface area (Å²) < 4.78 is 4.98. The predicted octanol–water partition coefficient (Wildman–Crippen LogP) is 2.75. The van der Waals surface area contributed by atoms with E-state index in [1.165, 1.54) is 0 Å². The molecular weight excluding hydrogens is 266 g/mol. The van der Waals surface area contributed by atoms with Crippen LogP contribution < -0.4 is 10.1 Å². The number of hydrogen-bond acceptors (Lipinski definition) is 3. The maximum atomic E-state index is 12.0. The molecule has 0 saturated carbocycles. The third-order valence-electron chi connectivity index (χ3n) is 3.21. The Labute approximate surface area is 122 Å². The molecular formula is C16H15N3O2. The van der Waals surface area contributed by atoms with Crippen molar-refractivity contribution in [3.63, 3.8) is 0 Å². The number of H-pyrrole nitrogens is 1. The lowest BCUT2D eigenvalue weighted by Crippen LogP contribution is -2.14. The van der Waals surface area contributed by atoms with Gasteiger partial charge in [-0.2, -0.15) is 0 Å². The van der Waals surface area contributed by atoms with Crippen LogP contribution in [0.15, 0.2) is 48.8 Å². The zero-order chi connectivity index (χ0) is 14.7. The van der Waals surface area contributed by atoms with Crippen molar-refractivity contribution < 1.29 is 9.53 Å². The van der Waals surface area contributed by atoms with Crippen molar-refractivity contribution in [3.05, 3.63) is 54.4 Å². The zero-order valence-electron chi connectivity index (χ0n) is 11.6. The molecule has 21 heavy (non-hydrogen) atoms. The predicted molar refractivity (Wildman–Crippen MR) is 81.4 cm³/mol. The highest BCUT2D eigenvalue weighted by Crippen LogP contribution is 2.15. The van der Waals surface area contributed by atoms with Crippen LogP contribution in [-0.2, 0) is 11.2 Å². The number of ether oxygens (including phenoxy) is 1. The first kappa shape index (κ1) is 13.2. The first-order valence-corrected chi connectivity index (χ1v) is 6.60. The van der Waals surface area contributed by atoms with Gasteiger partial charge in [0.1, 0.15) is 0 Å². The standard InChI is InChI=1S/C16H15N3O2/c1-21-16-5-4-13(10-18-16)19-15(20)9-11-2-3-12-6-7-17-14(12)8-11/h2-8,10,17H,9H2,1H3,(H,19,20). The molecule has 0 saturated heterocycles. The van der Waals surface area contributed by atoms with Gasteiger partial charge in [0.25, 0.3) is 0 Å². The Hall–Kier alpha value is -2.82. The molecule has 3 rings (SSSR count). The second-order valence-corrected chi connectivity index (χ2v) is 4.71. The summed E-state index contributed by atoms with van der Waals surface area (Å²) in [6.07, 6.45) is 3.78. The molecule has 2 aromatic heterocycles. The Bertz CT molecular complexity index is 763. The second-order valence-electron chi connectivity index (χ2n) is 4.71. The highest BCUT2D eigenvalue weighted by molar-refractivity contribution is 5.92. The third kappa shape index (κ3) is 3.02. The van der Waals surface area contributed by atoms with E-state index in [1.807, 2.05) is 30.5 Å². The Morgan fingerprint density at radius 3 is 2.95 bits per heavy atom. The van der Waals surface area contributed by atoms with Crippen LogP contribution in [0.4, 0.5) is 5.69 Å². The molecule has 5 heteroatoms. The lowest BCUT2D eigenvalue weighted by molar-refractivity contribution is -0.115. The van der Waals surface area contributed by atoms with Gasteiger partial charge in [-0.15, -0.1) is 0 Å². The normalized spacial score (nSPS) is 10.5. The Morgan fingerprint density at radius 2 is 2.19 bits per heavy atom. The monoisotopic (exact) mass is 281 g/mol. The van der Waals surface area contributed by atoms with Crippen LogP contribution in [0.2, 0.25) is 0 Å². The highest BCUT2D eigenvalue weighted by Gasteiger charge is 2.06. The first-order valence-electron chi connectivity index (χ1n) is 6.60. The average molecular weight is 281 g/mol. The van der Waals surface area contributed by atoms with E-state index in [4.69, 9.17) is 4.74 Å². The number of nitrogens with zero attached hydrogens (tertiary/aromatic N) is 1. The van der Waals surface area contributed by atoms with Gasteiger partial charge in [-0.1, -0.05) is 12.1 Å². The van der Waals surface area contributed by atoms with Crippen molar-refractivity contribution in [2.24, 2.45) is 0 Å². The van der Waals surface area contributed by atoms with E-state index in [0.29, 0.717) is 18.0 Å². The Morgan fingerprint density at radius 1 is 1.29 bits per heavy atom. The summed E-state index contributed by atoms with van der Waals surface area (Å²) >= 11 is 0. The number of carbonyl (C=O) groups excluding carboxylic acids is 1. The quantitative estimate of drug-likeness (QED) is 0.772. The van der Waals surface area contributed by atoms with Gasteiger partial charge in [0.05, 0.1) is 25.4 Å². The fraction of sp³-hybridized carbons (Fsp3) is 0.125. The van der Waals surface area contributed by atoms with Gasteiger partial charge in [-0.3, -0.25) is 4.79 Å². The van der Waals surface area contributed by atoms with Crippen LogP contribution in [-0.4, -0.2) is 23.0 Å². The number of hydrogen-bond donors (Lipinski definition) is 2. The van der Waals surface area contributed by atoms with Gasteiger partial charge >= 0.3 is 0 Å². The summed E-state index contributed by atoms with van der Waals surface area (Å²) in [5.41, 5.74) is 2.65. The number of aromatic nitrogens is 2. The lowest BCUT2D eigenvalue weighted by atomic mass is 10.1. The molecule has 1 aromatic carbocycles. The number of nitrogens with one attached hydrogen (secondary N) is 2. The molecule has 2 heterocycles. The average Bonchev–Trinajstić information content (AvgIpc) is 2.95. The second kappa shape index (κ2) is 5.66. The molecule has 0 bridgehead atoms. The Balaban J connectivity index is 1.67. The van der Waals surface area contributed by atoms with E-state index in [1.54, 1.807) is 25.4 Å². The van der Waals surface area contributed by atoms with Crippen LogP contribution in [0, 0.1) is 0 Å². The number of fused-ring (bicyclic) bond motifs is 1. The van der Waals surface area contributed by atoms with Gasteiger partial charge in [0.15, 0.2) is 0 Å². The number of pyridine rings is 1. The fourth-order valence-corrected chi connectivity index (χ4v) is 2.17. The minimum Gasteiger partial charge on any atom is -0.481 e. The van der Waals surface area contributed by atoms with Crippen molar-refractivity contribution in [2.75, 3.05) is 12.4 Å². The smallest absolute Gasteiger partial charge is 0.228 e. The topological polar surface area (TPSA) is 67.0 Å². The number of carbonyl (C=O) groups is 1. The molecule has 0 radical (unpaired) electrons. The first-order chi connectivity index (χ1) is 10.2. The molecule has 3 aromatic rings. The molecule has 1 amide bonds. The van der Waals surface area contributed by atoms with E-state index >= 15 is 0 Å². The highest BCUT2D eigenvalue weighted by atomic mass is 16.5. The summed E-state index contributed by atoms with van der Waals surface area (Å²) in [6.45, 7) is 0. The maximum absolute atomic E-state index is 12.0. The van der Waals surface area contributed by atoms with E-state index in [-0.39, 0.29) is 5.91 Å². The Kier molecular flexibility index (Phi) is 3.55. The van der Waals surface area contributed by atoms with E-state index in [9.17, 15) is 4.79 Å². The largest absolute Gasteiger partial charge is 0.481 e. The maximum Gasteiger partial charge on any atom is 0.228 e. The minimum absolute atomic E-state index is 0.0760. The molecule has 0 spiro atoms. The van der Waals surface area contributed by atoms with Gasteiger partial charge in [-0.25, -0.2) is 4.98 Å². The van der Waals surface area contributed by atoms with Gasteiger partial charge in [0.2, 0.25) is 11.8 Å². The zero-order valence-corrected chi connectivity index (χ0v) is 11.6. The number of anilines is 1. The van der Waals surface area contributed by atoms with Gasteiger partial charge < -0.3 is 15.0 Å². The third-order valence-corrected chi connectivity index (χ3v) is 3.21. The number of aromatic amines is 1. The number of amides is 1. The molecule has 106 valence electrons. The fourth-order valence-electron chi connectivity index (χ4n) is 2.17. The van der Waals surface area contributed by atoms with E-state index in [2.05, 4.69) is 15.3 Å². The van der Waals surface area contributed by atoms with Gasteiger partial charge in [-0.05, 0) is 29.1 Å². The molecule has 0 aliphatic rings. The summed E-state index contributed by atoms with van der Waals surface area (Å²) in [6, 6.07) is 11.4. The number of methoxy groups -OCH3 is 1. The molecule has 0 atom stereocenters. The molecule has 5 nitrogen and oxygen atoms in total. The van der Waals surface area contributed by atoms with Crippen LogP contribution in [0.3, 0.4) is 0 Å². The molecule has 0 fully saturated rings. The molecule has 0 aliphatic heterocycles. The summed E-state index contributed by atoms with van der Waals surface area (Å²) in [5, 5.41) is 3.95. The SMILES string of the molecule is COc1ccc(NC(=O)Cc2ccc3cc[nH]c3c2)cn1. The van der Waals surface area contributed by atoms with Crippen molar-refractivity contribution in [3.8, 4) is 5.88 Å². The van der Waals surface area contributed by atoms with Gasteiger partial charge in [0, 0.05) is 17.8 Å². The van der Waals surface area contributed by atoms with Crippen LogP contribution >= 0.6 is 0 Å². The van der Waals surface area contributed by atoms with Crippen molar-refractivity contribution >= 4 is 22.5 Å². The van der Waals surface area contributed by atoms with Crippen molar-refractivity contribution in [2.45, 2.75) is 6.42 Å². The van der Waals surface area contributed by atoms with Crippen molar-refractivity contribution in [1.82, 2.24) is 9.97 Å². The lowest BCUT2D eigenvalue weighted by Gasteiger charge is -2.06. The van der Waals surface area contributed by atoms with E-state index < -0.39 is 0 Å². The summed E-state index contributed by atoms with van der Waals surface area (Å²) in [7, 11) is 1.55.